The minimum absolute atomic E-state index is 0.107. The summed E-state index contributed by atoms with van der Waals surface area (Å²) in [6, 6.07) is 17.0. The zero-order valence-electron chi connectivity index (χ0n) is 15.8. The molecule has 0 saturated heterocycles. The lowest BCUT2D eigenvalue weighted by atomic mass is 10.1. The number of nitrogens with zero attached hydrogens (tertiary/aromatic N) is 4. The first kappa shape index (κ1) is 17.9. The molecule has 4 rings (SSSR count). The van der Waals surface area contributed by atoms with E-state index in [1.54, 1.807) is 18.0 Å². The minimum Gasteiger partial charge on any atom is -0.274 e. The van der Waals surface area contributed by atoms with Crippen LogP contribution in [0.5, 0.6) is 0 Å². The van der Waals surface area contributed by atoms with Crippen LogP contribution in [-0.4, -0.2) is 22.6 Å². The summed E-state index contributed by atoms with van der Waals surface area (Å²) in [5, 5.41) is 6.84. The monoisotopic (exact) mass is 372 g/mol. The summed E-state index contributed by atoms with van der Waals surface area (Å²) in [5.41, 5.74) is 2.68. The molecule has 2 aromatic carbocycles. The van der Waals surface area contributed by atoms with Gasteiger partial charge in [-0.1, -0.05) is 62.4 Å². The molecular formula is C22H20N4O2. The fourth-order valence-corrected chi connectivity index (χ4v) is 3.32. The van der Waals surface area contributed by atoms with Crippen LogP contribution in [0, 0.1) is 0 Å². The Kier molecular flexibility index (Phi) is 4.61. The van der Waals surface area contributed by atoms with E-state index in [4.69, 9.17) is 0 Å². The second-order valence-electron chi connectivity index (χ2n) is 6.44. The van der Waals surface area contributed by atoms with E-state index < -0.39 is 0 Å². The normalized spacial score (nSPS) is 13.3. The largest absolute Gasteiger partial charge is 0.274 e. The first-order valence-electron chi connectivity index (χ1n) is 9.33. The van der Waals surface area contributed by atoms with Gasteiger partial charge in [0.1, 0.15) is 5.69 Å². The van der Waals surface area contributed by atoms with E-state index in [2.05, 4.69) is 10.1 Å². The average Bonchev–Trinajstić information content (AvgIpc) is 2.77. The highest BCUT2D eigenvalue weighted by Crippen LogP contribution is 2.40. The van der Waals surface area contributed by atoms with Gasteiger partial charge in [0.2, 0.25) is 11.8 Å². The molecule has 0 bridgehead atoms. The Balaban J connectivity index is 2.04. The number of amides is 2. The molecule has 0 aliphatic carbocycles. The molecule has 0 unspecified atom stereocenters. The first-order chi connectivity index (χ1) is 13.7. The van der Waals surface area contributed by atoms with Crippen molar-refractivity contribution in [3.63, 3.8) is 0 Å². The lowest BCUT2D eigenvalue weighted by Gasteiger charge is -2.34. The van der Waals surface area contributed by atoms with Gasteiger partial charge in [-0.3, -0.25) is 19.5 Å². The molecule has 1 aromatic heterocycles. The summed E-state index contributed by atoms with van der Waals surface area (Å²) in [7, 11) is 0. The summed E-state index contributed by atoms with van der Waals surface area (Å²) in [5.74, 6) is 0.179. The minimum atomic E-state index is -0.144. The Hall–Kier alpha value is -3.54. The smallest absolute Gasteiger partial charge is 0.247 e. The third-order valence-corrected chi connectivity index (χ3v) is 4.71. The van der Waals surface area contributed by atoms with Crippen LogP contribution in [0.4, 0.5) is 11.4 Å². The number of amidine groups is 1. The van der Waals surface area contributed by atoms with E-state index in [0.717, 1.165) is 16.5 Å². The van der Waals surface area contributed by atoms with Crippen LogP contribution in [0.3, 0.4) is 0 Å². The third kappa shape index (κ3) is 2.83. The quantitative estimate of drug-likeness (QED) is 0.695. The van der Waals surface area contributed by atoms with E-state index >= 15 is 0 Å². The number of anilines is 2. The van der Waals surface area contributed by atoms with Gasteiger partial charge >= 0.3 is 0 Å². The summed E-state index contributed by atoms with van der Waals surface area (Å²) in [6.07, 6.45) is 2.25. The number of aromatic nitrogens is 1. The highest BCUT2D eigenvalue weighted by atomic mass is 16.2. The molecule has 2 heterocycles. The van der Waals surface area contributed by atoms with Crippen molar-refractivity contribution in [2.45, 2.75) is 26.7 Å². The number of hydrogen-bond acceptors (Lipinski definition) is 4. The first-order valence-corrected chi connectivity index (χ1v) is 9.33. The van der Waals surface area contributed by atoms with Gasteiger partial charge in [-0.2, -0.15) is 5.01 Å². The van der Waals surface area contributed by atoms with Gasteiger partial charge in [0.25, 0.3) is 0 Å². The van der Waals surface area contributed by atoms with Crippen LogP contribution in [0.25, 0.3) is 10.9 Å². The Morgan fingerprint density at radius 3 is 2.29 bits per heavy atom. The number of pyridine rings is 1. The van der Waals surface area contributed by atoms with E-state index in [-0.39, 0.29) is 11.8 Å². The number of fused-ring (bicyclic) bond motifs is 3. The predicted octanol–water partition coefficient (Wildman–Crippen LogP) is 4.10. The van der Waals surface area contributed by atoms with Crippen LogP contribution in [0.1, 0.15) is 32.3 Å². The van der Waals surface area contributed by atoms with Gasteiger partial charge in [-0.05, 0) is 6.07 Å². The lowest BCUT2D eigenvalue weighted by Crippen LogP contribution is -2.44. The fourth-order valence-electron chi connectivity index (χ4n) is 3.32. The molecule has 140 valence electrons. The van der Waals surface area contributed by atoms with Crippen molar-refractivity contribution in [2.75, 3.05) is 9.91 Å². The molecule has 6 nitrogen and oxygen atoms in total. The molecule has 6 heteroatoms. The zero-order valence-corrected chi connectivity index (χ0v) is 15.8. The second kappa shape index (κ2) is 7.23. The van der Waals surface area contributed by atoms with Crippen molar-refractivity contribution in [1.82, 2.24) is 4.98 Å². The van der Waals surface area contributed by atoms with E-state index in [9.17, 15) is 9.59 Å². The van der Waals surface area contributed by atoms with Gasteiger partial charge in [-0.25, -0.2) is 0 Å². The average molecular weight is 372 g/mol. The molecule has 0 fully saturated rings. The van der Waals surface area contributed by atoms with Crippen molar-refractivity contribution < 1.29 is 9.59 Å². The highest BCUT2D eigenvalue weighted by molar-refractivity contribution is 6.29. The standard InChI is InChI=1S/C22H20N4O2/c1-3-19(27)25-18-14-23-17-13-9-8-12-16(17)21(18)26(20(28)4-2)24-22(25)15-10-6-5-7-11-15/h5-14H,3-4H2,1-2H3. The Bertz CT molecular complexity index is 1090. The van der Waals surface area contributed by atoms with Crippen molar-refractivity contribution >= 4 is 39.9 Å². The lowest BCUT2D eigenvalue weighted by molar-refractivity contribution is -0.119. The van der Waals surface area contributed by atoms with Crippen LogP contribution in [0.2, 0.25) is 0 Å². The van der Waals surface area contributed by atoms with E-state index in [1.807, 2.05) is 61.5 Å². The maximum atomic E-state index is 12.9. The maximum absolute atomic E-state index is 12.9. The summed E-state index contributed by atoms with van der Waals surface area (Å²) >= 11 is 0. The van der Waals surface area contributed by atoms with Gasteiger partial charge in [-0.15, -0.1) is 5.10 Å². The molecule has 2 amide bonds. The molecule has 1 aliphatic heterocycles. The van der Waals surface area contributed by atoms with Crippen molar-refractivity contribution in [1.29, 1.82) is 0 Å². The van der Waals surface area contributed by atoms with Crippen LogP contribution < -0.4 is 9.91 Å². The number of hydrazone groups is 1. The number of para-hydroxylation sites is 1. The van der Waals surface area contributed by atoms with Crippen molar-refractivity contribution in [3.8, 4) is 0 Å². The zero-order chi connectivity index (χ0) is 19.7. The van der Waals surface area contributed by atoms with Crippen LogP contribution in [0.15, 0.2) is 65.9 Å². The Morgan fingerprint density at radius 1 is 0.893 bits per heavy atom. The Labute approximate surface area is 163 Å². The molecule has 0 saturated carbocycles. The topological polar surface area (TPSA) is 65.9 Å². The highest BCUT2D eigenvalue weighted by Gasteiger charge is 2.34. The number of hydrogen-bond donors (Lipinski definition) is 0. The van der Waals surface area contributed by atoms with Crippen molar-refractivity contribution in [3.05, 3.63) is 66.4 Å². The molecule has 28 heavy (non-hydrogen) atoms. The second-order valence-corrected chi connectivity index (χ2v) is 6.44. The number of benzene rings is 2. The number of carbonyl (C=O) groups is 2. The summed E-state index contributed by atoms with van der Waals surface area (Å²) in [4.78, 5) is 31.8. The fraction of sp³-hybridized carbons (Fsp3) is 0.182. The van der Waals surface area contributed by atoms with Gasteiger partial charge < -0.3 is 0 Å². The maximum Gasteiger partial charge on any atom is 0.247 e. The van der Waals surface area contributed by atoms with Gasteiger partial charge in [0, 0.05) is 23.8 Å². The molecular weight excluding hydrogens is 352 g/mol. The molecule has 0 radical (unpaired) electrons. The van der Waals surface area contributed by atoms with Crippen LogP contribution in [-0.2, 0) is 9.59 Å². The van der Waals surface area contributed by atoms with Gasteiger partial charge in [0.15, 0.2) is 5.84 Å². The third-order valence-electron chi connectivity index (χ3n) is 4.71. The number of carbonyl (C=O) groups excluding carboxylic acids is 2. The van der Waals surface area contributed by atoms with E-state index in [1.165, 1.54) is 5.01 Å². The molecule has 0 N–H and O–H groups in total. The molecule has 0 atom stereocenters. The number of rotatable bonds is 3. The van der Waals surface area contributed by atoms with E-state index in [0.29, 0.717) is 30.1 Å². The Morgan fingerprint density at radius 2 is 1.57 bits per heavy atom. The van der Waals surface area contributed by atoms with Crippen LogP contribution >= 0.6 is 0 Å². The predicted molar refractivity (Wildman–Crippen MR) is 110 cm³/mol. The summed E-state index contributed by atoms with van der Waals surface area (Å²) in [6.45, 7) is 3.61. The molecule has 1 aliphatic rings. The summed E-state index contributed by atoms with van der Waals surface area (Å²) < 4.78 is 0. The molecule has 0 spiro atoms. The SMILES string of the molecule is CCC(=O)N1N=C(c2ccccc2)N(C(=O)CC)c2cnc3ccccc3c21. The molecule has 3 aromatic rings. The van der Waals surface area contributed by atoms with Gasteiger partial charge in [0.05, 0.1) is 17.4 Å². The van der Waals surface area contributed by atoms with Crippen molar-refractivity contribution in [2.24, 2.45) is 5.10 Å².